The Morgan fingerprint density at radius 3 is 1.19 bits per heavy atom. The molecule has 0 fully saturated rings. The van der Waals surface area contributed by atoms with Gasteiger partial charge in [-0.15, -0.1) is 22.7 Å². The first-order valence-electron chi connectivity index (χ1n) is 18.0. The van der Waals surface area contributed by atoms with E-state index in [1.54, 1.807) is 22.7 Å². The second-order valence-electron chi connectivity index (χ2n) is 13.5. The molecule has 254 valence electrons. The summed E-state index contributed by atoms with van der Waals surface area (Å²) in [6, 6.07) is 62.2. The predicted octanol–water partition coefficient (Wildman–Crippen LogP) is 14.6. The van der Waals surface area contributed by atoms with Gasteiger partial charge >= 0.3 is 0 Å². The van der Waals surface area contributed by atoms with Crippen LogP contribution in [0.3, 0.4) is 0 Å². The molecule has 54 heavy (non-hydrogen) atoms. The Bertz CT molecular complexity index is 2860. The van der Waals surface area contributed by atoms with E-state index >= 15 is 0 Å². The predicted molar refractivity (Wildman–Crippen MR) is 231 cm³/mol. The first kappa shape index (κ1) is 32.2. The molecule has 10 rings (SSSR count). The third kappa shape index (κ3) is 5.92. The molecule has 0 N–H and O–H groups in total. The van der Waals surface area contributed by atoms with Crippen molar-refractivity contribution < 1.29 is 0 Å². The molecule has 0 bridgehead atoms. The summed E-state index contributed by atoms with van der Waals surface area (Å²) in [7, 11) is 0. The Morgan fingerprint density at radius 1 is 0.278 bits per heavy atom. The van der Waals surface area contributed by atoms with Crippen molar-refractivity contribution in [3.05, 3.63) is 193 Å². The summed E-state index contributed by atoms with van der Waals surface area (Å²) in [6.45, 7) is 0. The lowest BCUT2D eigenvalue weighted by molar-refractivity contribution is 1.42. The molecule has 0 unspecified atom stereocenters. The van der Waals surface area contributed by atoms with E-state index in [4.69, 9.17) is 0 Å². The van der Waals surface area contributed by atoms with Gasteiger partial charge in [-0.3, -0.25) is 9.97 Å². The monoisotopic (exact) mass is 724 g/mol. The largest absolute Gasteiger partial charge is 0.252 e. The fraction of sp³-hybridized carbons (Fsp3) is 0. The highest BCUT2D eigenvalue weighted by atomic mass is 32.1. The van der Waals surface area contributed by atoms with Crippen LogP contribution in [0.5, 0.6) is 0 Å². The van der Waals surface area contributed by atoms with Crippen LogP contribution in [-0.2, 0) is 0 Å². The molecule has 0 radical (unpaired) electrons. The third-order valence-electron chi connectivity index (χ3n) is 10.2. The van der Waals surface area contributed by atoms with Crippen molar-refractivity contribution in [1.82, 2.24) is 9.97 Å². The van der Waals surface area contributed by atoms with Gasteiger partial charge in [0.05, 0.1) is 20.8 Å². The standard InChI is InChI=1S/C50H32N2S2/c1-3-11-33(12-4-1)40-25-41(34-13-5-2-6-14-34)27-42(26-40)35-21-22-45-46(28-35)50(39-18-10-16-37(24-39)48-30-52-32-54-48)44-20-8-7-19-43(44)49(45)38-17-9-15-36(23-38)47-29-51-31-53-47/h1-32H. The lowest BCUT2D eigenvalue weighted by Gasteiger charge is -2.20. The van der Waals surface area contributed by atoms with Crippen molar-refractivity contribution in [2.75, 3.05) is 0 Å². The van der Waals surface area contributed by atoms with E-state index in [1.807, 2.05) is 23.4 Å². The van der Waals surface area contributed by atoms with Crippen LogP contribution >= 0.6 is 22.7 Å². The number of rotatable bonds is 7. The lowest BCUT2D eigenvalue weighted by atomic mass is 9.84. The highest BCUT2D eigenvalue weighted by Gasteiger charge is 2.19. The average molecular weight is 725 g/mol. The van der Waals surface area contributed by atoms with E-state index < -0.39 is 0 Å². The molecule has 0 atom stereocenters. The molecule has 0 aliphatic heterocycles. The molecule has 8 aromatic carbocycles. The van der Waals surface area contributed by atoms with E-state index in [0.717, 1.165) is 9.75 Å². The maximum absolute atomic E-state index is 4.39. The minimum atomic E-state index is 1.16. The van der Waals surface area contributed by atoms with Gasteiger partial charge in [-0.1, -0.05) is 133 Å². The molecular formula is C50H32N2S2. The molecule has 0 aliphatic carbocycles. The van der Waals surface area contributed by atoms with Crippen LogP contribution in [0.25, 0.3) is 98.1 Å². The van der Waals surface area contributed by atoms with E-state index in [1.165, 1.54) is 88.3 Å². The van der Waals surface area contributed by atoms with E-state index in [9.17, 15) is 0 Å². The van der Waals surface area contributed by atoms with Crippen molar-refractivity contribution in [1.29, 1.82) is 0 Å². The first-order chi connectivity index (χ1) is 26.8. The van der Waals surface area contributed by atoms with E-state index in [-0.39, 0.29) is 0 Å². The molecule has 10 aromatic rings. The Kier molecular flexibility index (Phi) is 8.25. The van der Waals surface area contributed by atoms with E-state index in [2.05, 4.69) is 180 Å². The molecule has 0 saturated heterocycles. The molecule has 2 heterocycles. The topological polar surface area (TPSA) is 25.8 Å². The van der Waals surface area contributed by atoms with Gasteiger partial charge in [0, 0.05) is 12.4 Å². The normalized spacial score (nSPS) is 11.3. The molecule has 2 nitrogen and oxygen atoms in total. The molecular weight excluding hydrogens is 693 g/mol. The zero-order valence-electron chi connectivity index (χ0n) is 29.2. The van der Waals surface area contributed by atoms with Crippen LogP contribution in [0, 0.1) is 0 Å². The summed E-state index contributed by atoms with van der Waals surface area (Å²) < 4.78 is 0. The first-order valence-corrected chi connectivity index (χ1v) is 19.8. The molecule has 0 spiro atoms. The minimum Gasteiger partial charge on any atom is -0.252 e. The zero-order chi connectivity index (χ0) is 35.8. The Balaban J connectivity index is 1.27. The van der Waals surface area contributed by atoms with Gasteiger partial charge in [-0.05, 0) is 125 Å². The Labute approximate surface area is 322 Å². The van der Waals surface area contributed by atoms with Crippen molar-refractivity contribution >= 4 is 44.2 Å². The smallest absolute Gasteiger partial charge is 0.0797 e. The number of hydrogen-bond acceptors (Lipinski definition) is 4. The van der Waals surface area contributed by atoms with Gasteiger partial charge in [0.2, 0.25) is 0 Å². The van der Waals surface area contributed by atoms with Crippen molar-refractivity contribution in [2.24, 2.45) is 0 Å². The van der Waals surface area contributed by atoms with Crippen LogP contribution in [0.15, 0.2) is 193 Å². The summed E-state index contributed by atoms with van der Waals surface area (Å²) in [4.78, 5) is 11.1. The van der Waals surface area contributed by atoms with Crippen LogP contribution < -0.4 is 0 Å². The van der Waals surface area contributed by atoms with Gasteiger partial charge in [-0.25, -0.2) is 0 Å². The lowest BCUT2D eigenvalue weighted by Crippen LogP contribution is -1.93. The highest BCUT2D eigenvalue weighted by molar-refractivity contribution is 7.13. The van der Waals surface area contributed by atoms with Gasteiger partial charge in [0.1, 0.15) is 0 Å². The van der Waals surface area contributed by atoms with Crippen molar-refractivity contribution in [3.8, 4) is 76.5 Å². The van der Waals surface area contributed by atoms with Crippen molar-refractivity contribution in [2.45, 2.75) is 0 Å². The SMILES string of the molecule is c1ccc(-c2cc(-c3ccccc3)cc(-c3ccc4c(-c5cccc(-c6cncs6)c5)c5ccccc5c(-c5cccc(-c6cncs6)c5)c4c3)c2)cc1. The maximum atomic E-state index is 4.39. The summed E-state index contributed by atoms with van der Waals surface area (Å²) in [5, 5.41) is 4.90. The summed E-state index contributed by atoms with van der Waals surface area (Å²) in [5.74, 6) is 0. The van der Waals surface area contributed by atoms with Crippen molar-refractivity contribution in [3.63, 3.8) is 0 Å². The number of nitrogens with zero attached hydrogens (tertiary/aromatic N) is 2. The minimum absolute atomic E-state index is 1.16. The van der Waals surface area contributed by atoms with Gasteiger partial charge in [-0.2, -0.15) is 0 Å². The number of thiazole rings is 2. The second kappa shape index (κ2) is 13.8. The fourth-order valence-electron chi connectivity index (χ4n) is 7.74. The molecule has 0 amide bonds. The molecule has 2 aromatic heterocycles. The number of aromatic nitrogens is 2. The summed E-state index contributed by atoms with van der Waals surface area (Å²) in [5.41, 5.74) is 18.2. The fourth-order valence-corrected chi connectivity index (χ4v) is 8.98. The van der Waals surface area contributed by atoms with Gasteiger partial charge in [0.25, 0.3) is 0 Å². The highest BCUT2D eigenvalue weighted by Crippen LogP contribution is 2.46. The van der Waals surface area contributed by atoms with Gasteiger partial charge in [0.15, 0.2) is 0 Å². The number of hydrogen-bond donors (Lipinski definition) is 0. The second-order valence-corrected chi connectivity index (χ2v) is 15.3. The average Bonchev–Trinajstić information content (AvgIpc) is 4.00. The van der Waals surface area contributed by atoms with Crippen LogP contribution in [-0.4, -0.2) is 9.97 Å². The van der Waals surface area contributed by atoms with Crippen LogP contribution in [0.2, 0.25) is 0 Å². The molecule has 4 heteroatoms. The van der Waals surface area contributed by atoms with Gasteiger partial charge < -0.3 is 0 Å². The quantitative estimate of drug-likeness (QED) is 0.153. The Hall–Kier alpha value is -6.46. The number of benzene rings is 8. The molecule has 0 saturated carbocycles. The van der Waals surface area contributed by atoms with Crippen LogP contribution in [0.1, 0.15) is 0 Å². The maximum Gasteiger partial charge on any atom is 0.0797 e. The van der Waals surface area contributed by atoms with E-state index in [0.29, 0.717) is 0 Å². The Morgan fingerprint density at radius 2 is 0.685 bits per heavy atom. The zero-order valence-corrected chi connectivity index (χ0v) is 30.8. The summed E-state index contributed by atoms with van der Waals surface area (Å²) in [6.07, 6.45) is 3.92. The van der Waals surface area contributed by atoms with Crippen LogP contribution in [0.4, 0.5) is 0 Å². The number of fused-ring (bicyclic) bond motifs is 2. The molecule has 0 aliphatic rings. The third-order valence-corrected chi connectivity index (χ3v) is 11.9. The summed E-state index contributed by atoms with van der Waals surface area (Å²) >= 11 is 3.34.